The van der Waals surface area contributed by atoms with Crippen LogP contribution in [-0.2, 0) is 23.8 Å². The molecular formula is C19H37NO6. The van der Waals surface area contributed by atoms with E-state index in [-0.39, 0.29) is 37.4 Å². The minimum Gasteiger partial charge on any atom is -0.460 e. The lowest BCUT2D eigenvalue weighted by Gasteiger charge is -2.32. The first kappa shape index (κ1) is 24.8. The lowest BCUT2D eigenvalue weighted by molar-refractivity contribution is -0.241. The van der Waals surface area contributed by atoms with Crippen LogP contribution in [0.2, 0.25) is 0 Å². The molecule has 2 N–H and O–H groups in total. The number of ether oxygens (including phenoxy) is 3. The van der Waals surface area contributed by atoms with Crippen LogP contribution in [0, 0.1) is 5.41 Å². The third kappa shape index (κ3) is 14.0. The summed E-state index contributed by atoms with van der Waals surface area (Å²) >= 11 is 0. The molecule has 0 heterocycles. The topological polar surface area (TPSA) is 94.1 Å². The molecule has 0 saturated heterocycles. The van der Waals surface area contributed by atoms with Gasteiger partial charge in [0.2, 0.25) is 5.91 Å². The second-order valence-electron chi connectivity index (χ2n) is 8.57. The summed E-state index contributed by atoms with van der Waals surface area (Å²) in [7, 11) is 1.56. The molecule has 0 aromatic heterocycles. The molecule has 0 rings (SSSR count). The zero-order chi connectivity index (χ0) is 20.4. The number of hydrogen-bond donors (Lipinski definition) is 2. The summed E-state index contributed by atoms with van der Waals surface area (Å²) in [6, 6.07) is 0. The fraction of sp³-hybridized carbons (Fsp3) is 0.895. The van der Waals surface area contributed by atoms with Gasteiger partial charge >= 0.3 is 5.97 Å². The molecule has 2 atom stereocenters. The maximum atomic E-state index is 11.9. The molecule has 0 spiro atoms. The van der Waals surface area contributed by atoms with Crippen LogP contribution in [0.1, 0.15) is 67.2 Å². The average Bonchev–Trinajstić information content (AvgIpc) is 2.48. The predicted octanol–water partition coefficient (Wildman–Crippen LogP) is 2.40. The summed E-state index contributed by atoms with van der Waals surface area (Å²) in [6.45, 7) is 11.6. The molecule has 0 aliphatic rings. The Hall–Kier alpha value is -1.18. The van der Waals surface area contributed by atoms with Crippen molar-refractivity contribution in [2.45, 2.75) is 85.2 Å². The monoisotopic (exact) mass is 375 g/mol. The molecule has 7 heteroatoms. The number of hydrogen-bond acceptors (Lipinski definition) is 6. The number of nitrogens with one attached hydrogen (secondary N) is 1. The zero-order valence-electron chi connectivity index (χ0n) is 17.4. The molecule has 0 aromatic rings. The Morgan fingerprint density at radius 1 is 1.08 bits per heavy atom. The summed E-state index contributed by atoms with van der Waals surface area (Å²) in [5.41, 5.74) is -0.506. The summed E-state index contributed by atoms with van der Waals surface area (Å²) < 4.78 is 16.9. The fourth-order valence-electron chi connectivity index (χ4n) is 2.30. The average molecular weight is 376 g/mol. The van der Waals surface area contributed by atoms with Gasteiger partial charge in [-0.25, -0.2) is 0 Å². The Morgan fingerprint density at radius 3 is 2.15 bits per heavy atom. The molecule has 1 amide bonds. The standard InChI is InChI=1S/C19H37NO6/c1-18(2,3)11-14(12-21)25-17(26-19(4,5)6)13-24-16(23)10-8-9-15(22)20-7/h14,17,21H,8-13H2,1-7H3,(H,20,22). The minimum absolute atomic E-state index is 0.0177. The quantitative estimate of drug-likeness (QED) is 0.425. The number of amides is 1. The molecule has 0 saturated carbocycles. The summed E-state index contributed by atoms with van der Waals surface area (Å²) in [6.07, 6.45) is 0.330. The van der Waals surface area contributed by atoms with Gasteiger partial charge in [-0.3, -0.25) is 9.59 Å². The third-order valence-electron chi connectivity index (χ3n) is 3.32. The van der Waals surface area contributed by atoms with E-state index in [0.29, 0.717) is 12.8 Å². The fourth-order valence-corrected chi connectivity index (χ4v) is 2.30. The lowest BCUT2D eigenvalue weighted by Crippen LogP contribution is -2.38. The van der Waals surface area contributed by atoms with Crippen molar-refractivity contribution in [3.05, 3.63) is 0 Å². The van der Waals surface area contributed by atoms with Gasteiger partial charge in [0.25, 0.3) is 0 Å². The summed E-state index contributed by atoms with van der Waals surface area (Å²) in [5, 5.41) is 12.1. The Bertz CT molecular complexity index is 425. The number of carbonyl (C=O) groups excluding carboxylic acids is 2. The van der Waals surface area contributed by atoms with E-state index >= 15 is 0 Å². The van der Waals surface area contributed by atoms with E-state index < -0.39 is 24.0 Å². The number of esters is 1. The second kappa shape index (κ2) is 11.5. The first-order chi connectivity index (χ1) is 11.9. The predicted molar refractivity (Wildman–Crippen MR) is 99.5 cm³/mol. The van der Waals surface area contributed by atoms with Crippen molar-refractivity contribution >= 4 is 11.9 Å². The molecule has 154 valence electrons. The van der Waals surface area contributed by atoms with Gasteiger partial charge in [-0.15, -0.1) is 0 Å². The van der Waals surface area contributed by atoms with E-state index in [0.717, 1.165) is 0 Å². The Morgan fingerprint density at radius 2 is 1.69 bits per heavy atom. The molecule has 0 bridgehead atoms. The molecule has 26 heavy (non-hydrogen) atoms. The van der Waals surface area contributed by atoms with E-state index in [1.165, 1.54) is 0 Å². The highest BCUT2D eigenvalue weighted by Crippen LogP contribution is 2.24. The SMILES string of the molecule is CNC(=O)CCCC(=O)OCC(OC(CO)CC(C)(C)C)OC(C)(C)C. The van der Waals surface area contributed by atoms with Gasteiger partial charge in [0.15, 0.2) is 6.29 Å². The highest BCUT2D eigenvalue weighted by atomic mass is 16.7. The summed E-state index contributed by atoms with van der Waals surface area (Å²) in [4.78, 5) is 23.0. The van der Waals surface area contributed by atoms with Crippen molar-refractivity contribution < 1.29 is 28.9 Å². The largest absolute Gasteiger partial charge is 0.460 e. The van der Waals surface area contributed by atoms with Crippen LogP contribution < -0.4 is 5.32 Å². The van der Waals surface area contributed by atoms with Crippen molar-refractivity contribution in [3.8, 4) is 0 Å². The number of rotatable bonds is 11. The zero-order valence-corrected chi connectivity index (χ0v) is 17.4. The van der Waals surface area contributed by atoms with Gasteiger partial charge in [-0.2, -0.15) is 0 Å². The maximum Gasteiger partial charge on any atom is 0.305 e. The minimum atomic E-state index is -0.766. The van der Waals surface area contributed by atoms with E-state index in [1.807, 2.05) is 20.8 Å². The Labute approximate surface area is 157 Å². The number of carbonyl (C=O) groups is 2. The van der Waals surface area contributed by atoms with Gasteiger partial charge in [0.1, 0.15) is 6.61 Å². The van der Waals surface area contributed by atoms with Crippen LogP contribution in [0.5, 0.6) is 0 Å². The van der Waals surface area contributed by atoms with E-state index in [9.17, 15) is 14.7 Å². The maximum absolute atomic E-state index is 11.9. The summed E-state index contributed by atoms with van der Waals surface area (Å²) in [5.74, 6) is -0.514. The van der Waals surface area contributed by atoms with Crippen molar-refractivity contribution in [3.63, 3.8) is 0 Å². The van der Waals surface area contributed by atoms with Crippen LogP contribution in [0.25, 0.3) is 0 Å². The molecule has 7 nitrogen and oxygen atoms in total. The van der Waals surface area contributed by atoms with Gasteiger partial charge < -0.3 is 24.6 Å². The van der Waals surface area contributed by atoms with Gasteiger partial charge in [-0.05, 0) is 39.0 Å². The van der Waals surface area contributed by atoms with Crippen molar-refractivity contribution in [2.75, 3.05) is 20.3 Å². The molecule has 0 radical (unpaired) electrons. The van der Waals surface area contributed by atoms with Crippen LogP contribution in [0.4, 0.5) is 0 Å². The first-order valence-corrected chi connectivity index (χ1v) is 9.16. The Kier molecular flexibility index (Phi) is 11.0. The smallest absolute Gasteiger partial charge is 0.305 e. The van der Waals surface area contributed by atoms with E-state index in [2.05, 4.69) is 26.1 Å². The molecule has 2 unspecified atom stereocenters. The normalized spacial score (nSPS) is 14.6. The van der Waals surface area contributed by atoms with Gasteiger partial charge in [0.05, 0.1) is 18.3 Å². The highest BCUT2D eigenvalue weighted by Gasteiger charge is 2.26. The van der Waals surface area contributed by atoms with Crippen molar-refractivity contribution in [2.24, 2.45) is 5.41 Å². The van der Waals surface area contributed by atoms with Crippen molar-refractivity contribution in [1.29, 1.82) is 0 Å². The van der Waals surface area contributed by atoms with E-state index in [1.54, 1.807) is 7.05 Å². The molecule has 0 fully saturated rings. The lowest BCUT2D eigenvalue weighted by atomic mass is 9.89. The second-order valence-corrected chi connectivity index (χ2v) is 8.57. The third-order valence-corrected chi connectivity index (χ3v) is 3.32. The van der Waals surface area contributed by atoms with Gasteiger partial charge in [0, 0.05) is 19.9 Å². The van der Waals surface area contributed by atoms with E-state index in [4.69, 9.17) is 14.2 Å². The van der Waals surface area contributed by atoms with Crippen LogP contribution >= 0.6 is 0 Å². The van der Waals surface area contributed by atoms with Gasteiger partial charge in [-0.1, -0.05) is 20.8 Å². The number of aliphatic hydroxyl groups excluding tert-OH is 1. The first-order valence-electron chi connectivity index (χ1n) is 9.16. The Balaban J connectivity index is 4.59. The highest BCUT2D eigenvalue weighted by molar-refractivity contribution is 5.76. The molecule has 0 aliphatic heterocycles. The molecule has 0 aromatic carbocycles. The van der Waals surface area contributed by atoms with Crippen molar-refractivity contribution in [1.82, 2.24) is 5.32 Å². The van der Waals surface area contributed by atoms with Crippen LogP contribution in [0.3, 0.4) is 0 Å². The van der Waals surface area contributed by atoms with Crippen LogP contribution in [0.15, 0.2) is 0 Å². The number of aliphatic hydroxyl groups is 1. The molecule has 0 aliphatic carbocycles. The van der Waals surface area contributed by atoms with Crippen LogP contribution in [-0.4, -0.2) is 55.2 Å². The molecular weight excluding hydrogens is 338 g/mol.